The lowest BCUT2D eigenvalue weighted by Gasteiger charge is -2.12. The molecule has 0 radical (unpaired) electrons. The molecule has 6 nitrogen and oxygen atoms in total. The Kier molecular flexibility index (Phi) is 8.54. The van der Waals surface area contributed by atoms with Crippen molar-refractivity contribution >= 4 is 26.9 Å². The minimum Gasteiger partial charge on any atom is -0.460 e. The van der Waals surface area contributed by atoms with Crippen molar-refractivity contribution in [3.05, 3.63) is 114 Å². The van der Waals surface area contributed by atoms with Crippen molar-refractivity contribution in [2.75, 3.05) is 0 Å². The molecule has 0 fully saturated rings. The number of hydrogen-bond donors (Lipinski definition) is 2. The van der Waals surface area contributed by atoms with Crippen LogP contribution in [0.1, 0.15) is 16.7 Å². The Morgan fingerprint density at radius 1 is 0.853 bits per heavy atom. The van der Waals surface area contributed by atoms with Crippen molar-refractivity contribution in [3.8, 4) is 0 Å². The van der Waals surface area contributed by atoms with Gasteiger partial charge in [-0.1, -0.05) is 90.5 Å². The second kappa shape index (κ2) is 11.6. The van der Waals surface area contributed by atoms with Crippen LogP contribution in [0.25, 0.3) is 10.8 Å². The molecule has 0 amide bonds. The zero-order valence-electron chi connectivity index (χ0n) is 18.8. The van der Waals surface area contributed by atoms with Crippen LogP contribution >= 0.6 is 0 Å². The summed E-state index contributed by atoms with van der Waals surface area (Å²) in [6, 6.07) is 29.2. The topological polar surface area (TPSA) is 107 Å². The highest BCUT2D eigenvalue weighted by atomic mass is 32.2. The standard InChI is InChI=1S/C20H19NO2.C7H8O3S/c21-19(20(22)23-14-15-6-2-1-3-7-15)13-16-10-11-17-8-4-5-9-18(17)12-16;1-6-2-4-7(5-3-6)11(8,9)10/h1-12,19H,13-14,21H2;2-5H,1H3,(H,8,9,10). The van der Waals surface area contributed by atoms with E-state index in [9.17, 15) is 13.2 Å². The van der Waals surface area contributed by atoms with Crippen molar-refractivity contribution in [2.24, 2.45) is 5.73 Å². The fourth-order valence-electron chi connectivity index (χ4n) is 3.25. The first kappa shape index (κ1) is 25.1. The number of fused-ring (bicyclic) bond motifs is 1. The fourth-order valence-corrected chi connectivity index (χ4v) is 3.73. The summed E-state index contributed by atoms with van der Waals surface area (Å²) in [5.41, 5.74) is 8.93. The van der Waals surface area contributed by atoms with Crippen molar-refractivity contribution in [1.29, 1.82) is 0 Å². The maximum Gasteiger partial charge on any atom is 0.323 e. The third-order valence-electron chi connectivity index (χ3n) is 5.12. The van der Waals surface area contributed by atoms with Gasteiger partial charge in [-0.2, -0.15) is 8.42 Å². The zero-order valence-corrected chi connectivity index (χ0v) is 19.6. The molecule has 0 saturated carbocycles. The lowest BCUT2D eigenvalue weighted by molar-refractivity contribution is -0.146. The first-order valence-corrected chi connectivity index (χ1v) is 12.1. The highest BCUT2D eigenvalue weighted by molar-refractivity contribution is 7.85. The number of nitrogens with two attached hydrogens (primary N) is 1. The molecule has 4 aromatic rings. The fraction of sp³-hybridized carbons (Fsp3) is 0.148. The quantitative estimate of drug-likeness (QED) is 0.308. The first-order chi connectivity index (χ1) is 16.2. The van der Waals surface area contributed by atoms with E-state index in [0.29, 0.717) is 6.42 Å². The Hall–Kier alpha value is -3.52. The summed E-state index contributed by atoms with van der Waals surface area (Å²) in [7, 11) is -4.02. The maximum atomic E-state index is 12.0. The maximum absolute atomic E-state index is 12.0. The number of carbonyl (C=O) groups excluding carboxylic acids is 1. The van der Waals surface area contributed by atoms with Gasteiger partial charge in [0.2, 0.25) is 0 Å². The van der Waals surface area contributed by atoms with Crippen LogP contribution < -0.4 is 5.73 Å². The smallest absolute Gasteiger partial charge is 0.323 e. The van der Waals surface area contributed by atoms with Crippen LogP contribution in [-0.2, 0) is 32.7 Å². The molecule has 0 aliphatic heterocycles. The van der Waals surface area contributed by atoms with Gasteiger partial charge in [0.05, 0.1) is 4.90 Å². The molecule has 1 unspecified atom stereocenters. The summed E-state index contributed by atoms with van der Waals surface area (Å²) in [4.78, 5) is 12.0. The summed E-state index contributed by atoms with van der Waals surface area (Å²) in [5.74, 6) is -0.373. The predicted molar refractivity (Wildman–Crippen MR) is 133 cm³/mol. The van der Waals surface area contributed by atoms with E-state index in [1.807, 2.05) is 61.5 Å². The van der Waals surface area contributed by atoms with Gasteiger partial charge >= 0.3 is 5.97 Å². The lowest BCUT2D eigenvalue weighted by atomic mass is 10.0. The second-order valence-corrected chi connectivity index (χ2v) is 9.30. The van der Waals surface area contributed by atoms with E-state index in [-0.39, 0.29) is 17.5 Å². The van der Waals surface area contributed by atoms with Gasteiger partial charge in [-0.25, -0.2) is 0 Å². The molecule has 34 heavy (non-hydrogen) atoms. The molecular weight excluding hydrogens is 450 g/mol. The summed E-state index contributed by atoms with van der Waals surface area (Å²) in [6.45, 7) is 2.10. The van der Waals surface area contributed by atoms with E-state index >= 15 is 0 Å². The minimum absolute atomic E-state index is 0.0666. The third kappa shape index (κ3) is 7.52. The summed E-state index contributed by atoms with van der Waals surface area (Å²) in [5, 5.41) is 2.33. The molecule has 7 heteroatoms. The van der Waals surface area contributed by atoms with Crippen molar-refractivity contribution in [3.63, 3.8) is 0 Å². The average molecular weight is 478 g/mol. The largest absolute Gasteiger partial charge is 0.460 e. The Labute approximate surface area is 199 Å². The number of rotatable bonds is 6. The molecule has 0 aromatic heterocycles. The van der Waals surface area contributed by atoms with Crippen LogP contribution in [0.4, 0.5) is 0 Å². The normalized spacial score (nSPS) is 11.9. The van der Waals surface area contributed by atoms with Crippen molar-refractivity contribution in [1.82, 2.24) is 0 Å². The molecule has 4 rings (SSSR count). The molecular formula is C27H27NO5S. The molecule has 0 saturated heterocycles. The van der Waals surface area contributed by atoms with Gasteiger partial charge in [-0.3, -0.25) is 9.35 Å². The highest BCUT2D eigenvalue weighted by Gasteiger charge is 2.16. The molecule has 1 atom stereocenters. The second-order valence-electron chi connectivity index (χ2n) is 7.87. The van der Waals surface area contributed by atoms with Gasteiger partial charge < -0.3 is 10.5 Å². The summed E-state index contributed by atoms with van der Waals surface area (Å²) in [6.07, 6.45) is 0.471. The molecule has 0 bridgehead atoms. The van der Waals surface area contributed by atoms with Gasteiger partial charge in [0, 0.05) is 0 Å². The van der Waals surface area contributed by atoms with Crippen LogP contribution in [0.2, 0.25) is 0 Å². The number of aryl methyl sites for hydroxylation is 1. The van der Waals surface area contributed by atoms with Gasteiger partial charge in [-0.05, 0) is 47.4 Å². The van der Waals surface area contributed by atoms with Crippen molar-refractivity contribution < 1.29 is 22.5 Å². The van der Waals surface area contributed by atoms with Crippen molar-refractivity contribution in [2.45, 2.75) is 30.9 Å². The van der Waals surface area contributed by atoms with Gasteiger partial charge in [-0.15, -0.1) is 0 Å². The molecule has 0 aliphatic carbocycles. The Balaban J connectivity index is 0.000000248. The van der Waals surface area contributed by atoms with Crippen LogP contribution in [0.15, 0.2) is 102 Å². The van der Waals surface area contributed by atoms with E-state index in [4.69, 9.17) is 15.0 Å². The number of ether oxygens (including phenoxy) is 1. The van der Waals surface area contributed by atoms with E-state index in [2.05, 4.69) is 18.2 Å². The Bertz CT molecular complexity index is 1340. The van der Waals surface area contributed by atoms with Crippen LogP contribution in [0, 0.1) is 6.92 Å². The third-order valence-corrected chi connectivity index (χ3v) is 5.98. The van der Waals surface area contributed by atoms with Gasteiger partial charge in [0.15, 0.2) is 0 Å². The molecule has 3 N–H and O–H groups in total. The predicted octanol–water partition coefficient (Wildman–Crippen LogP) is 4.69. The number of carbonyl (C=O) groups is 1. The number of hydrogen-bond acceptors (Lipinski definition) is 5. The van der Waals surface area contributed by atoms with Crippen LogP contribution in [-0.4, -0.2) is 25.0 Å². The number of esters is 1. The van der Waals surface area contributed by atoms with Crippen LogP contribution in [0.5, 0.6) is 0 Å². The molecule has 0 aliphatic rings. The van der Waals surface area contributed by atoms with E-state index < -0.39 is 16.2 Å². The SMILES string of the molecule is Cc1ccc(S(=O)(=O)O)cc1.NC(Cc1ccc2ccccc2c1)C(=O)OCc1ccccc1. The first-order valence-electron chi connectivity index (χ1n) is 10.7. The Morgan fingerprint density at radius 2 is 1.47 bits per heavy atom. The van der Waals surface area contributed by atoms with Gasteiger partial charge in [0.1, 0.15) is 12.6 Å². The minimum atomic E-state index is -4.02. The highest BCUT2D eigenvalue weighted by Crippen LogP contribution is 2.17. The molecule has 0 spiro atoms. The van der Waals surface area contributed by atoms with Gasteiger partial charge in [0.25, 0.3) is 10.1 Å². The summed E-state index contributed by atoms with van der Waals surface area (Å²) >= 11 is 0. The Morgan fingerprint density at radius 3 is 2.12 bits per heavy atom. The average Bonchev–Trinajstić information content (AvgIpc) is 2.83. The van der Waals surface area contributed by atoms with E-state index in [1.165, 1.54) is 17.5 Å². The number of benzene rings is 4. The van der Waals surface area contributed by atoms with Crippen LogP contribution in [0.3, 0.4) is 0 Å². The zero-order chi connectivity index (χ0) is 24.6. The summed E-state index contributed by atoms with van der Waals surface area (Å²) < 4.78 is 34.8. The molecule has 4 aromatic carbocycles. The molecule has 0 heterocycles. The van der Waals surface area contributed by atoms with E-state index in [1.54, 1.807) is 12.1 Å². The van der Waals surface area contributed by atoms with E-state index in [0.717, 1.165) is 22.1 Å². The lowest BCUT2D eigenvalue weighted by Crippen LogP contribution is -2.34. The monoisotopic (exact) mass is 477 g/mol. The molecule has 176 valence electrons.